The van der Waals surface area contributed by atoms with Crippen LogP contribution in [0.4, 0.5) is 0 Å². The van der Waals surface area contributed by atoms with Gasteiger partial charge >= 0.3 is 0 Å². The number of fused-ring (bicyclic) bond motifs is 1. The van der Waals surface area contributed by atoms with Crippen molar-refractivity contribution in [3.05, 3.63) is 35.4 Å². The molecule has 0 bridgehead atoms. The molecule has 114 valence electrons. The average molecular weight is 304 g/mol. The second kappa shape index (κ2) is 6.26. The molecule has 0 aliphatic carbocycles. The molecule has 5 nitrogen and oxygen atoms in total. The summed E-state index contributed by atoms with van der Waals surface area (Å²) >= 11 is 0. The summed E-state index contributed by atoms with van der Waals surface area (Å²) in [6.07, 6.45) is 9.17. The van der Waals surface area contributed by atoms with Gasteiger partial charge in [0.05, 0.1) is 23.9 Å². The van der Waals surface area contributed by atoms with Gasteiger partial charge in [-0.25, -0.2) is 0 Å². The van der Waals surface area contributed by atoms with E-state index in [9.17, 15) is 0 Å². The summed E-state index contributed by atoms with van der Waals surface area (Å²) in [6.45, 7) is 5.84. The van der Waals surface area contributed by atoms with Gasteiger partial charge in [-0.15, -0.1) is 6.42 Å². The Hall–Kier alpha value is -3.23. The van der Waals surface area contributed by atoms with E-state index in [0.717, 1.165) is 11.3 Å². The Morgan fingerprint density at radius 2 is 2.13 bits per heavy atom. The lowest BCUT2D eigenvalue weighted by Gasteiger charge is -2.35. The molecule has 1 aliphatic rings. The third-order valence-electron chi connectivity index (χ3n) is 3.38. The number of terminal acetylenes is 1. The molecule has 1 aliphatic heterocycles. The normalized spacial score (nSPS) is 15.1. The van der Waals surface area contributed by atoms with Gasteiger partial charge in [0.2, 0.25) is 6.19 Å². The predicted molar refractivity (Wildman–Crippen MR) is 88.1 cm³/mol. The number of nitriles is 2. The van der Waals surface area contributed by atoms with Gasteiger partial charge in [-0.2, -0.15) is 15.5 Å². The highest BCUT2D eigenvalue weighted by Crippen LogP contribution is 2.38. The Bertz CT molecular complexity index is 813. The smallest absolute Gasteiger partial charge is 0.207 e. The van der Waals surface area contributed by atoms with Gasteiger partial charge in [0.15, 0.2) is 0 Å². The fourth-order valence-corrected chi connectivity index (χ4v) is 2.43. The van der Waals surface area contributed by atoms with Crippen LogP contribution in [0.25, 0.3) is 5.70 Å². The molecular formula is C18H16N4O. The molecule has 23 heavy (non-hydrogen) atoms. The van der Waals surface area contributed by atoms with Crippen LogP contribution in [0, 0.1) is 35.1 Å². The average Bonchev–Trinajstić information content (AvgIpc) is 2.51. The standard InChI is InChI=1S/C18H16N4O/c1-5-8-22(13(2)21-12-20)16-10-18(3,4)23-17-7-6-14(11-19)9-15(16)17/h1,6-7,9-10H,8H2,2-4H3. The maximum absolute atomic E-state index is 9.14. The summed E-state index contributed by atoms with van der Waals surface area (Å²) in [5.74, 6) is 3.73. The zero-order chi connectivity index (χ0) is 17.0. The topological polar surface area (TPSA) is 72.4 Å². The van der Waals surface area contributed by atoms with E-state index < -0.39 is 5.60 Å². The van der Waals surface area contributed by atoms with Crippen LogP contribution in [0.15, 0.2) is 29.3 Å². The number of amidine groups is 1. The summed E-state index contributed by atoms with van der Waals surface area (Å²) in [7, 11) is 0. The van der Waals surface area contributed by atoms with E-state index in [4.69, 9.17) is 21.7 Å². The van der Waals surface area contributed by atoms with Crippen molar-refractivity contribution in [3.8, 4) is 30.4 Å². The lowest BCUT2D eigenvalue weighted by molar-refractivity contribution is 0.156. The molecule has 1 aromatic rings. The molecule has 0 radical (unpaired) electrons. The monoisotopic (exact) mass is 304 g/mol. The molecule has 0 aromatic heterocycles. The predicted octanol–water partition coefficient (Wildman–Crippen LogP) is 2.90. The van der Waals surface area contributed by atoms with Gasteiger partial charge in [0.25, 0.3) is 0 Å². The molecule has 0 unspecified atom stereocenters. The van der Waals surface area contributed by atoms with Crippen LogP contribution in [0.5, 0.6) is 5.75 Å². The Morgan fingerprint density at radius 1 is 1.39 bits per heavy atom. The van der Waals surface area contributed by atoms with E-state index in [1.807, 2.05) is 19.9 Å². The summed E-state index contributed by atoms with van der Waals surface area (Å²) < 4.78 is 5.95. The maximum atomic E-state index is 9.14. The number of hydrogen-bond acceptors (Lipinski definition) is 4. The van der Waals surface area contributed by atoms with Crippen molar-refractivity contribution in [1.82, 2.24) is 4.90 Å². The highest BCUT2D eigenvalue weighted by molar-refractivity contribution is 5.91. The quantitative estimate of drug-likeness (QED) is 0.364. The molecule has 5 heteroatoms. The fourth-order valence-electron chi connectivity index (χ4n) is 2.43. The summed E-state index contributed by atoms with van der Waals surface area (Å²) in [6, 6.07) is 7.35. The first-order valence-corrected chi connectivity index (χ1v) is 7.02. The summed E-state index contributed by atoms with van der Waals surface area (Å²) in [5, 5.41) is 18.0. The highest BCUT2D eigenvalue weighted by atomic mass is 16.5. The SMILES string of the molecule is C#CCN(C1=CC(C)(C)Oc2ccc(C#N)cc21)C(C)=NC#N. The van der Waals surface area contributed by atoms with Crippen LogP contribution in [0.3, 0.4) is 0 Å². The zero-order valence-corrected chi connectivity index (χ0v) is 13.3. The molecule has 1 heterocycles. The van der Waals surface area contributed by atoms with Crippen LogP contribution < -0.4 is 4.74 Å². The molecule has 1 aromatic carbocycles. The van der Waals surface area contributed by atoms with Crippen molar-refractivity contribution >= 4 is 11.5 Å². The van der Waals surface area contributed by atoms with Crippen LogP contribution in [0.1, 0.15) is 31.9 Å². The van der Waals surface area contributed by atoms with Crippen LogP contribution >= 0.6 is 0 Å². The Labute approximate surface area is 136 Å². The molecule has 0 N–H and O–H groups in total. The number of rotatable bonds is 2. The minimum atomic E-state index is -0.545. The van der Waals surface area contributed by atoms with E-state index in [2.05, 4.69) is 17.0 Å². The van der Waals surface area contributed by atoms with E-state index in [0.29, 0.717) is 17.1 Å². The van der Waals surface area contributed by atoms with Gasteiger partial charge in [-0.1, -0.05) is 5.92 Å². The van der Waals surface area contributed by atoms with E-state index in [1.165, 1.54) is 0 Å². The lowest BCUT2D eigenvalue weighted by atomic mass is 9.96. The Morgan fingerprint density at radius 3 is 2.74 bits per heavy atom. The van der Waals surface area contributed by atoms with Gasteiger partial charge in [-0.05, 0) is 45.0 Å². The van der Waals surface area contributed by atoms with Crippen LogP contribution in [-0.4, -0.2) is 22.9 Å². The van der Waals surface area contributed by atoms with Gasteiger partial charge < -0.3 is 9.64 Å². The third-order valence-corrected chi connectivity index (χ3v) is 3.38. The van der Waals surface area contributed by atoms with Crippen LogP contribution in [0.2, 0.25) is 0 Å². The van der Waals surface area contributed by atoms with Gasteiger partial charge in [0.1, 0.15) is 17.2 Å². The molecule has 0 spiro atoms. The van der Waals surface area contributed by atoms with Crippen molar-refractivity contribution in [2.45, 2.75) is 26.4 Å². The molecule has 0 saturated carbocycles. The number of aliphatic imine (C=N–C) groups is 1. The largest absolute Gasteiger partial charge is 0.483 e. The minimum Gasteiger partial charge on any atom is -0.483 e. The van der Waals surface area contributed by atoms with Crippen molar-refractivity contribution in [3.63, 3.8) is 0 Å². The van der Waals surface area contributed by atoms with E-state index >= 15 is 0 Å². The first-order valence-electron chi connectivity index (χ1n) is 7.02. The molecule has 0 amide bonds. The van der Waals surface area contributed by atoms with Gasteiger partial charge in [-0.3, -0.25) is 0 Å². The van der Waals surface area contributed by atoms with Crippen LogP contribution in [-0.2, 0) is 0 Å². The Balaban J connectivity index is 2.65. The Kier molecular flexibility index (Phi) is 4.39. The minimum absolute atomic E-state index is 0.259. The van der Waals surface area contributed by atoms with E-state index in [1.54, 1.807) is 36.2 Å². The number of benzene rings is 1. The highest BCUT2D eigenvalue weighted by Gasteiger charge is 2.30. The molecule has 2 rings (SSSR count). The fraction of sp³-hybridized carbons (Fsp3) is 0.278. The first kappa shape index (κ1) is 16.1. The molecule has 0 atom stereocenters. The van der Waals surface area contributed by atoms with Crippen molar-refractivity contribution in [1.29, 1.82) is 10.5 Å². The van der Waals surface area contributed by atoms with E-state index in [-0.39, 0.29) is 6.54 Å². The summed E-state index contributed by atoms with van der Waals surface area (Å²) in [4.78, 5) is 5.56. The van der Waals surface area contributed by atoms with Crippen molar-refractivity contribution < 1.29 is 4.74 Å². The number of ether oxygens (including phenoxy) is 1. The second-order valence-electron chi connectivity index (χ2n) is 5.61. The van der Waals surface area contributed by atoms with Gasteiger partial charge in [0, 0.05) is 5.56 Å². The molecule has 0 fully saturated rings. The third kappa shape index (κ3) is 3.34. The second-order valence-corrected chi connectivity index (χ2v) is 5.61. The first-order chi connectivity index (χ1) is 10.9. The maximum Gasteiger partial charge on any atom is 0.207 e. The van der Waals surface area contributed by atoms with Crippen molar-refractivity contribution in [2.75, 3.05) is 6.54 Å². The van der Waals surface area contributed by atoms with Crippen molar-refractivity contribution in [2.24, 2.45) is 4.99 Å². The zero-order valence-electron chi connectivity index (χ0n) is 13.3. The number of hydrogen-bond donors (Lipinski definition) is 0. The summed E-state index contributed by atoms with van der Waals surface area (Å²) in [5.41, 5.74) is 1.51. The molecular weight excluding hydrogens is 288 g/mol. The lowest BCUT2D eigenvalue weighted by Crippen LogP contribution is -2.35. The molecule has 0 saturated heterocycles. The number of nitrogens with zero attached hydrogens (tertiary/aromatic N) is 4.